The van der Waals surface area contributed by atoms with Gasteiger partial charge in [0.05, 0.1) is 6.20 Å². The van der Waals surface area contributed by atoms with Crippen molar-refractivity contribution in [2.24, 2.45) is 0 Å². The Labute approximate surface area is 95.2 Å². The van der Waals surface area contributed by atoms with E-state index in [0.29, 0.717) is 11.9 Å². The fraction of sp³-hybridized carbons (Fsp3) is 0.583. The highest BCUT2D eigenvalue weighted by atomic mass is 19.1. The molecule has 2 atom stereocenters. The molecule has 88 valence electrons. The van der Waals surface area contributed by atoms with Gasteiger partial charge < -0.3 is 9.64 Å². The van der Waals surface area contributed by atoms with E-state index in [9.17, 15) is 4.39 Å². The van der Waals surface area contributed by atoms with Crippen molar-refractivity contribution in [3.05, 3.63) is 24.1 Å². The van der Waals surface area contributed by atoms with Crippen LogP contribution in [0.1, 0.15) is 19.3 Å². The number of nitrogens with zero attached hydrogens (tertiary/aromatic N) is 2. The number of likely N-dealkylation sites (N-methyl/N-ethyl adjacent to an activating group) is 1. The largest absolute Gasteiger partial charge is 0.473 e. The predicted octanol–water partition coefficient (Wildman–Crippen LogP) is 2.08. The highest BCUT2D eigenvalue weighted by Gasteiger charge is 2.30. The molecule has 0 N–H and O–H groups in total. The Kier molecular flexibility index (Phi) is 3.39. The number of hydrogen-bond acceptors (Lipinski definition) is 3. The Morgan fingerprint density at radius 2 is 2.19 bits per heavy atom. The molecule has 0 saturated heterocycles. The molecule has 1 heterocycles. The summed E-state index contributed by atoms with van der Waals surface area (Å²) in [4.78, 5) is 6.10. The third-order valence-electron chi connectivity index (χ3n) is 3.05. The second-order valence-electron chi connectivity index (χ2n) is 4.43. The maximum absolute atomic E-state index is 12.7. The molecule has 1 saturated carbocycles. The van der Waals surface area contributed by atoms with Gasteiger partial charge in [0.1, 0.15) is 11.9 Å². The Balaban J connectivity index is 2.01. The van der Waals surface area contributed by atoms with E-state index < -0.39 is 0 Å². The summed E-state index contributed by atoms with van der Waals surface area (Å²) in [6.45, 7) is 0. The van der Waals surface area contributed by atoms with Gasteiger partial charge in [-0.05, 0) is 39.4 Å². The van der Waals surface area contributed by atoms with E-state index in [2.05, 4.69) is 24.0 Å². The van der Waals surface area contributed by atoms with Crippen LogP contribution in [0.5, 0.6) is 5.88 Å². The molecular formula is C12H17FN2O. The molecule has 4 heteroatoms. The van der Waals surface area contributed by atoms with Crippen molar-refractivity contribution in [1.29, 1.82) is 0 Å². The van der Waals surface area contributed by atoms with Crippen molar-refractivity contribution < 1.29 is 9.13 Å². The lowest BCUT2D eigenvalue weighted by Gasteiger charge is -2.26. The second-order valence-corrected chi connectivity index (χ2v) is 4.43. The molecule has 16 heavy (non-hydrogen) atoms. The van der Waals surface area contributed by atoms with Crippen molar-refractivity contribution in [2.45, 2.75) is 31.4 Å². The summed E-state index contributed by atoms with van der Waals surface area (Å²) in [5.41, 5.74) is 0. The van der Waals surface area contributed by atoms with Gasteiger partial charge in [0.2, 0.25) is 5.88 Å². The maximum atomic E-state index is 12.7. The van der Waals surface area contributed by atoms with Crippen LogP contribution >= 0.6 is 0 Å². The smallest absolute Gasteiger partial charge is 0.213 e. The maximum Gasteiger partial charge on any atom is 0.213 e. The normalized spacial score (nSPS) is 25.0. The van der Waals surface area contributed by atoms with Gasteiger partial charge in [-0.25, -0.2) is 9.37 Å². The number of rotatable bonds is 3. The molecule has 1 aromatic heterocycles. The summed E-state index contributed by atoms with van der Waals surface area (Å²) in [6.07, 6.45) is 4.73. The first-order valence-corrected chi connectivity index (χ1v) is 5.61. The molecule has 1 aliphatic rings. The van der Waals surface area contributed by atoms with Gasteiger partial charge in [-0.2, -0.15) is 0 Å². The molecule has 3 nitrogen and oxygen atoms in total. The molecule has 0 aliphatic heterocycles. The Morgan fingerprint density at radius 3 is 2.81 bits per heavy atom. The lowest BCUT2D eigenvalue weighted by Crippen LogP contribution is -2.38. The molecule has 1 fully saturated rings. The summed E-state index contributed by atoms with van der Waals surface area (Å²) in [5.74, 6) is 0.183. The number of halogens is 1. The first-order valence-electron chi connectivity index (χ1n) is 5.61. The first-order chi connectivity index (χ1) is 7.66. The standard InChI is InChI=1S/C12H17FN2O/c1-15(2)10-4-3-5-11(10)16-12-7-6-9(13)8-14-12/h6-8,10-11H,3-5H2,1-2H3. The third-order valence-corrected chi connectivity index (χ3v) is 3.05. The Hall–Kier alpha value is -1.16. The van der Waals surface area contributed by atoms with E-state index >= 15 is 0 Å². The highest BCUT2D eigenvalue weighted by molar-refractivity contribution is 5.11. The zero-order valence-corrected chi connectivity index (χ0v) is 9.69. The van der Waals surface area contributed by atoms with Crippen LogP contribution in [-0.4, -0.2) is 36.1 Å². The van der Waals surface area contributed by atoms with Crippen molar-refractivity contribution in [3.63, 3.8) is 0 Å². The first kappa shape index (κ1) is 11.3. The average molecular weight is 224 g/mol. The minimum atomic E-state index is -0.331. The van der Waals surface area contributed by atoms with Crippen LogP contribution in [0.2, 0.25) is 0 Å². The molecule has 0 amide bonds. The van der Waals surface area contributed by atoms with Crippen molar-refractivity contribution >= 4 is 0 Å². The van der Waals surface area contributed by atoms with Gasteiger partial charge in [0.25, 0.3) is 0 Å². The summed E-state index contributed by atoms with van der Waals surface area (Å²) in [5, 5.41) is 0. The zero-order chi connectivity index (χ0) is 11.5. The van der Waals surface area contributed by atoms with Gasteiger partial charge in [-0.15, -0.1) is 0 Å². The highest BCUT2D eigenvalue weighted by Crippen LogP contribution is 2.26. The van der Waals surface area contributed by atoms with Crippen LogP contribution in [0.25, 0.3) is 0 Å². The van der Waals surface area contributed by atoms with Gasteiger partial charge >= 0.3 is 0 Å². The van der Waals surface area contributed by atoms with E-state index in [1.165, 1.54) is 18.7 Å². The topological polar surface area (TPSA) is 25.4 Å². The molecule has 0 aromatic carbocycles. The number of ether oxygens (including phenoxy) is 1. The SMILES string of the molecule is CN(C)C1CCCC1Oc1ccc(F)cn1. The van der Waals surface area contributed by atoms with Crippen LogP contribution in [0.15, 0.2) is 18.3 Å². The molecule has 0 spiro atoms. The third kappa shape index (κ3) is 2.50. The lowest BCUT2D eigenvalue weighted by molar-refractivity contribution is 0.116. The van der Waals surface area contributed by atoms with Crippen molar-refractivity contribution in [2.75, 3.05) is 14.1 Å². The average Bonchev–Trinajstić information content (AvgIpc) is 2.69. The summed E-state index contributed by atoms with van der Waals surface area (Å²) in [6, 6.07) is 3.40. The Morgan fingerprint density at radius 1 is 1.38 bits per heavy atom. The predicted molar refractivity (Wildman–Crippen MR) is 59.9 cm³/mol. The van der Waals surface area contributed by atoms with Crippen LogP contribution in [0, 0.1) is 5.82 Å². The molecule has 1 aromatic rings. The molecule has 1 aliphatic carbocycles. The van der Waals surface area contributed by atoms with Gasteiger partial charge in [0.15, 0.2) is 0 Å². The van der Waals surface area contributed by atoms with Crippen LogP contribution in [0.3, 0.4) is 0 Å². The zero-order valence-electron chi connectivity index (χ0n) is 9.69. The minimum absolute atomic E-state index is 0.174. The number of hydrogen-bond donors (Lipinski definition) is 0. The fourth-order valence-electron chi connectivity index (χ4n) is 2.22. The fourth-order valence-corrected chi connectivity index (χ4v) is 2.22. The summed E-state index contributed by atoms with van der Waals surface area (Å²) >= 11 is 0. The second kappa shape index (κ2) is 4.78. The quantitative estimate of drug-likeness (QED) is 0.786. The summed E-state index contributed by atoms with van der Waals surface area (Å²) in [7, 11) is 4.12. The molecule has 2 unspecified atom stereocenters. The lowest BCUT2D eigenvalue weighted by atomic mass is 10.2. The Bertz CT molecular complexity index is 339. The van der Waals surface area contributed by atoms with Crippen LogP contribution in [-0.2, 0) is 0 Å². The van der Waals surface area contributed by atoms with E-state index in [1.807, 2.05) is 0 Å². The van der Waals surface area contributed by atoms with Crippen molar-refractivity contribution in [3.8, 4) is 5.88 Å². The minimum Gasteiger partial charge on any atom is -0.473 e. The van der Waals surface area contributed by atoms with Crippen LogP contribution in [0.4, 0.5) is 4.39 Å². The monoisotopic (exact) mass is 224 g/mol. The molecule has 2 rings (SSSR count). The van der Waals surface area contributed by atoms with E-state index in [1.54, 1.807) is 6.07 Å². The van der Waals surface area contributed by atoms with E-state index in [-0.39, 0.29) is 11.9 Å². The number of aromatic nitrogens is 1. The van der Waals surface area contributed by atoms with Gasteiger partial charge in [-0.3, -0.25) is 0 Å². The van der Waals surface area contributed by atoms with Crippen molar-refractivity contribution in [1.82, 2.24) is 9.88 Å². The van der Waals surface area contributed by atoms with Crippen LogP contribution < -0.4 is 4.74 Å². The molecule has 0 radical (unpaired) electrons. The summed E-state index contributed by atoms with van der Waals surface area (Å²) < 4.78 is 18.5. The molecular weight excluding hydrogens is 207 g/mol. The van der Waals surface area contributed by atoms with E-state index in [0.717, 1.165) is 12.8 Å². The molecule has 0 bridgehead atoms. The van der Waals surface area contributed by atoms with E-state index in [4.69, 9.17) is 4.74 Å². The number of pyridine rings is 1. The van der Waals surface area contributed by atoms with Gasteiger partial charge in [-0.1, -0.05) is 0 Å². The van der Waals surface area contributed by atoms with Gasteiger partial charge in [0, 0.05) is 12.1 Å².